The van der Waals surface area contributed by atoms with E-state index in [-0.39, 0.29) is 0 Å². The van der Waals surface area contributed by atoms with Gasteiger partial charge in [0.15, 0.2) is 17.6 Å². The largest absolute Gasteiger partial charge is 0.490 e. The second kappa shape index (κ2) is 3.81. The van der Waals surface area contributed by atoms with Gasteiger partial charge in [0.25, 0.3) is 0 Å². The third-order valence-electron chi connectivity index (χ3n) is 2.30. The Morgan fingerprint density at radius 2 is 2.47 bits per heavy atom. The van der Waals surface area contributed by atoms with Crippen molar-refractivity contribution in [1.29, 1.82) is 0 Å². The summed E-state index contributed by atoms with van der Waals surface area (Å²) in [5, 5.41) is 8.84. The summed E-state index contributed by atoms with van der Waals surface area (Å²) in [7, 11) is 0. The van der Waals surface area contributed by atoms with Gasteiger partial charge in [0.05, 0.1) is 6.61 Å². The number of fused-ring (bicyclic) bond motifs is 1. The van der Waals surface area contributed by atoms with Gasteiger partial charge in [0.1, 0.15) is 0 Å². The molecule has 1 atom stereocenters. The van der Waals surface area contributed by atoms with Gasteiger partial charge in [-0.05, 0) is 13.0 Å². The normalized spacial score (nSPS) is 18.1. The number of benzene rings is 1. The molecular weight excluding hydrogens is 196 g/mol. The lowest BCUT2D eigenvalue weighted by atomic mass is 10.1. The smallest absolute Gasteiger partial charge is 0.345 e. The van der Waals surface area contributed by atoms with Crippen molar-refractivity contribution in [2.45, 2.75) is 19.4 Å². The number of ether oxygens (including phenoxy) is 2. The molecule has 15 heavy (non-hydrogen) atoms. The Balaban J connectivity index is 2.28. The lowest BCUT2D eigenvalue weighted by Gasteiger charge is -2.09. The monoisotopic (exact) mass is 208 g/mol. The van der Waals surface area contributed by atoms with Gasteiger partial charge in [0, 0.05) is 12.0 Å². The van der Waals surface area contributed by atoms with Crippen LogP contribution in [0.15, 0.2) is 18.2 Å². The summed E-state index contributed by atoms with van der Waals surface area (Å²) in [5.74, 6) is 0.263. The van der Waals surface area contributed by atoms with Crippen molar-refractivity contribution in [1.82, 2.24) is 0 Å². The zero-order valence-electron chi connectivity index (χ0n) is 8.40. The van der Waals surface area contributed by atoms with Gasteiger partial charge in [-0.3, -0.25) is 0 Å². The first-order chi connectivity index (χ1) is 7.22. The molecule has 0 unspecified atom stereocenters. The lowest BCUT2D eigenvalue weighted by Crippen LogP contribution is -2.24. The summed E-state index contributed by atoms with van der Waals surface area (Å²) in [4.78, 5) is 10.8. The van der Waals surface area contributed by atoms with Crippen LogP contribution in [0.2, 0.25) is 0 Å². The van der Waals surface area contributed by atoms with E-state index in [2.05, 4.69) is 0 Å². The topological polar surface area (TPSA) is 55.8 Å². The van der Waals surface area contributed by atoms with E-state index in [1.165, 1.54) is 0 Å². The van der Waals surface area contributed by atoms with Crippen LogP contribution in [-0.4, -0.2) is 23.8 Å². The van der Waals surface area contributed by atoms with Crippen LogP contribution >= 0.6 is 0 Å². The summed E-state index contributed by atoms with van der Waals surface area (Å²) >= 11 is 0. The van der Waals surface area contributed by atoms with E-state index >= 15 is 0 Å². The first-order valence-electron chi connectivity index (χ1n) is 4.86. The highest BCUT2D eigenvalue weighted by atomic mass is 16.5. The fourth-order valence-electron chi connectivity index (χ4n) is 1.65. The average molecular weight is 208 g/mol. The van der Waals surface area contributed by atoms with Crippen LogP contribution in [0.4, 0.5) is 0 Å². The molecule has 4 heteroatoms. The molecule has 0 fully saturated rings. The zero-order valence-corrected chi connectivity index (χ0v) is 8.40. The third-order valence-corrected chi connectivity index (χ3v) is 2.30. The van der Waals surface area contributed by atoms with Crippen LogP contribution in [0.5, 0.6) is 11.5 Å². The summed E-state index contributed by atoms with van der Waals surface area (Å²) in [6.07, 6.45) is -0.368. The zero-order chi connectivity index (χ0) is 10.8. The number of aliphatic carboxylic acids is 1. The van der Waals surface area contributed by atoms with Gasteiger partial charge in [0.2, 0.25) is 0 Å². The van der Waals surface area contributed by atoms with Crippen LogP contribution in [0.3, 0.4) is 0 Å². The van der Waals surface area contributed by atoms with Crippen LogP contribution in [0.1, 0.15) is 12.5 Å². The molecule has 1 aromatic rings. The van der Waals surface area contributed by atoms with Crippen molar-refractivity contribution in [2.75, 3.05) is 6.61 Å². The minimum atomic E-state index is -0.936. The molecule has 1 heterocycles. The van der Waals surface area contributed by atoms with Gasteiger partial charge in [-0.2, -0.15) is 0 Å². The minimum Gasteiger partial charge on any atom is -0.490 e. The molecule has 0 spiro atoms. The molecule has 0 aliphatic carbocycles. The number of rotatable bonds is 3. The van der Waals surface area contributed by atoms with Crippen LogP contribution in [-0.2, 0) is 11.2 Å². The molecule has 0 saturated carbocycles. The van der Waals surface area contributed by atoms with E-state index in [9.17, 15) is 4.79 Å². The van der Waals surface area contributed by atoms with Gasteiger partial charge in [-0.15, -0.1) is 0 Å². The Kier molecular flexibility index (Phi) is 2.49. The first kappa shape index (κ1) is 9.83. The molecule has 0 bridgehead atoms. The Morgan fingerprint density at radius 1 is 1.67 bits per heavy atom. The van der Waals surface area contributed by atoms with E-state index < -0.39 is 12.1 Å². The summed E-state index contributed by atoms with van der Waals surface area (Å²) < 4.78 is 10.7. The van der Waals surface area contributed by atoms with Gasteiger partial charge in [-0.25, -0.2) is 4.79 Å². The Hall–Kier alpha value is -1.71. The second-order valence-electron chi connectivity index (χ2n) is 3.33. The fraction of sp³-hybridized carbons (Fsp3) is 0.364. The predicted octanol–water partition coefficient (Wildman–Crippen LogP) is 1.47. The minimum absolute atomic E-state index is 0.408. The molecule has 1 aliphatic heterocycles. The maximum Gasteiger partial charge on any atom is 0.345 e. The number of para-hydroxylation sites is 1. The maximum absolute atomic E-state index is 10.8. The van der Waals surface area contributed by atoms with E-state index in [1.54, 1.807) is 6.07 Å². The molecule has 0 radical (unpaired) electrons. The van der Waals surface area contributed by atoms with Crippen molar-refractivity contribution in [3.63, 3.8) is 0 Å². The standard InChI is InChI=1S/C11H12O4/c1-2-14-8-5-3-4-7-6-9(11(12)13)15-10(7)8/h3-5,9H,2,6H2,1H3,(H,12,13)/t9-/m0/s1. The molecule has 0 aromatic heterocycles. The van der Waals surface area contributed by atoms with Crippen molar-refractivity contribution in [2.24, 2.45) is 0 Å². The average Bonchev–Trinajstić information content (AvgIpc) is 2.63. The predicted molar refractivity (Wildman–Crippen MR) is 53.4 cm³/mol. The molecule has 0 saturated heterocycles. The van der Waals surface area contributed by atoms with Crippen LogP contribution in [0.25, 0.3) is 0 Å². The summed E-state index contributed by atoms with van der Waals surface area (Å²) in [6.45, 7) is 2.42. The highest BCUT2D eigenvalue weighted by Gasteiger charge is 2.30. The SMILES string of the molecule is CCOc1cccc2c1O[C@H](C(=O)O)C2. The summed E-state index contributed by atoms with van der Waals surface area (Å²) in [6, 6.07) is 5.49. The molecule has 4 nitrogen and oxygen atoms in total. The quantitative estimate of drug-likeness (QED) is 0.817. The van der Waals surface area contributed by atoms with Gasteiger partial charge >= 0.3 is 5.97 Å². The van der Waals surface area contributed by atoms with Crippen molar-refractivity contribution in [3.05, 3.63) is 23.8 Å². The van der Waals surface area contributed by atoms with E-state index in [0.717, 1.165) is 5.56 Å². The first-order valence-corrected chi connectivity index (χ1v) is 4.86. The molecular formula is C11H12O4. The summed E-state index contributed by atoms with van der Waals surface area (Å²) in [5.41, 5.74) is 0.897. The Bertz CT molecular complexity index is 386. The van der Waals surface area contributed by atoms with Crippen molar-refractivity contribution < 1.29 is 19.4 Å². The Labute approximate surface area is 87.4 Å². The third kappa shape index (κ3) is 1.75. The number of hydrogen-bond acceptors (Lipinski definition) is 3. The van der Waals surface area contributed by atoms with Crippen molar-refractivity contribution >= 4 is 5.97 Å². The number of carboxylic acid groups (broad SMARTS) is 1. The Morgan fingerprint density at radius 3 is 3.13 bits per heavy atom. The second-order valence-corrected chi connectivity index (χ2v) is 3.33. The fourth-order valence-corrected chi connectivity index (χ4v) is 1.65. The molecule has 1 N–H and O–H groups in total. The van der Waals surface area contributed by atoms with Gasteiger partial charge in [-0.1, -0.05) is 12.1 Å². The highest BCUT2D eigenvalue weighted by molar-refractivity contribution is 5.75. The number of hydrogen-bond donors (Lipinski definition) is 1. The van der Waals surface area contributed by atoms with E-state index in [1.807, 2.05) is 19.1 Å². The molecule has 2 rings (SSSR count). The number of carbonyl (C=O) groups is 1. The molecule has 80 valence electrons. The molecule has 0 amide bonds. The van der Waals surface area contributed by atoms with Crippen molar-refractivity contribution in [3.8, 4) is 11.5 Å². The van der Waals surface area contributed by atoms with Crippen LogP contribution in [0, 0.1) is 0 Å². The molecule has 1 aliphatic rings. The number of carboxylic acids is 1. The maximum atomic E-state index is 10.8. The molecule has 1 aromatic carbocycles. The highest BCUT2D eigenvalue weighted by Crippen LogP contribution is 2.37. The lowest BCUT2D eigenvalue weighted by molar-refractivity contribution is -0.144. The van der Waals surface area contributed by atoms with Gasteiger partial charge < -0.3 is 14.6 Å². The van der Waals surface area contributed by atoms with E-state index in [4.69, 9.17) is 14.6 Å². The van der Waals surface area contributed by atoms with E-state index in [0.29, 0.717) is 24.5 Å². The van der Waals surface area contributed by atoms with Crippen LogP contribution < -0.4 is 9.47 Å².